The lowest BCUT2D eigenvalue weighted by Gasteiger charge is -2.15. The van der Waals surface area contributed by atoms with Crippen LogP contribution in [0.5, 0.6) is 0 Å². The van der Waals surface area contributed by atoms with E-state index in [2.05, 4.69) is 20.8 Å². The Morgan fingerprint density at radius 3 is 1.33 bits per heavy atom. The fourth-order valence-electron chi connectivity index (χ4n) is 1.24. The lowest BCUT2D eigenvalue weighted by molar-refractivity contribution is -0.120. The number of rotatable bonds is 6. The van der Waals surface area contributed by atoms with Crippen molar-refractivity contribution in [2.24, 2.45) is 11.3 Å². The first kappa shape index (κ1) is 27.8. The van der Waals surface area contributed by atoms with Crippen LogP contribution in [0.25, 0.3) is 0 Å². The van der Waals surface area contributed by atoms with Gasteiger partial charge in [-0.25, -0.2) is 0 Å². The molecule has 0 aromatic carbocycles. The number of carbonyl (C=O) groups excluding carboxylic acids is 3. The van der Waals surface area contributed by atoms with Crippen molar-refractivity contribution < 1.29 is 20.9 Å². The van der Waals surface area contributed by atoms with Gasteiger partial charge in [0.2, 0.25) is 0 Å². The maximum atomic E-state index is 10.8. The number of hydrogen-bond acceptors (Lipinski definition) is 4. The zero-order valence-electron chi connectivity index (χ0n) is 18.7. The van der Waals surface area contributed by atoms with Crippen LogP contribution in [0.1, 0.15) is 95.8 Å². The normalized spacial score (nSPS) is 10.5. The molecule has 24 heavy (non-hydrogen) atoms. The molecular weight excluding hydrogens is 304 g/mol. The van der Waals surface area contributed by atoms with Crippen LogP contribution in [0, 0.1) is 11.3 Å². The molecule has 0 fully saturated rings. The maximum Gasteiger partial charge on any atom is 0.133 e. The standard InChI is InChI=1S/C8H16O.C7H14O.C4H8O.CH4O/c1-5-7(9)6-8(2,3)4;1-4-7(8)5-6(2)3;1-3-4(2)5;1-2/h5-6H2,1-4H3;6H,4-5H2,1-3H3;3H2,1-2H3;2H,1H3/i;6D;;. The Labute approximate surface area is 151 Å². The Morgan fingerprint density at radius 2 is 1.25 bits per heavy atom. The number of carbonyl (C=O) groups is 3. The molecule has 0 aromatic rings. The van der Waals surface area contributed by atoms with Crippen molar-refractivity contribution in [3.63, 3.8) is 0 Å². The molecule has 0 radical (unpaired) electrons. The van der Waals surface area contributed by atoms with Gasteiger partial charge in [-0.1, -0.05) is 55.4 Å². The number of aliphatic hydroxyl groups is 1. The first-order valence-corrected chi connectivity index (χ1v) is 8.66. The summed E-state index contributed by atoms with van der Waals surface area (Å²) in [6.45, 7) is 16.9. The van der Waals surface area contributed by atoms with Gasteiger partial charge in [0.1, 0.15) is 17.3 Å². The molecule has 4 heteroatoms. The second-order valence-corrected chi connectivity index (χ2v) is 6.96. The summed E-state index contributed by atoms with van der Waals surface area (Å²) in [7, 11) is 1.00. The van der Waals surface area contributed by atoms with Crippen molar-refractivity contribution in [1.29, 1.82) is 0 Å². The van der Waals surface area contributed by atoms with E-state index in [0.29, 0.717) is 37.9 Å². The molecule has 0 amide bonds. The highest BCUT2D eigenvalue weighted by Crippen LogP contribution is 2.19. The van der Waals surface area contributed by atoms with E-state index in [1.54, 1.807) is 20.8 Å². The number of aliphatic hydroxyl groups excluding tert-OH is 1. The Morgan fingerprint density at radius 1 is 0.917 bits per heavy atom. The van der Waals surface area contributed by atoms with E-state index in [9.17, 15) is 14.4 Å². The molecule has 0 rings (SSSR count). The van der Waals surface area contributed by atoms with E-state index in [4.69, 9.17) is 6.48 Å². The van der Waals surface area contributed by atoms with Crippen LogP contribution in [0.2, 0.25) is 0 Å². The molecular formula is C20H42O4. The quantitative estimate of drug-likeness (QED) is 0.733. The van der Waals surface area contributed by atoms with Crippen molar-refractivity contribution in [2.75, 3.05) is 7.11 Å². The highest BCUT2D eigenvalue weighted by molar-refractivity contribution is 5.78. The van der Waals surface area contributed by atoms with Gasteiger partial charge in [-0.15, -0.1) is 0 Å². The molecule has 0 aromatic heterocycles. The SMILES string of the molecule is CCC(=O)CC(C)(C)C.CCC(C)=O.CO.[2H]C(C)(C)CC(=O)CC. The second kappa shape index (κ2) is 20.0. The summed E-state index contributed by atoms with van der Waals surface area (Å²) in [4.78, 5) is 31.3. The highest BCUT2D eigenvalue weighted by atomic mass is 16.2. The number of hydrogen-bond donors (Lipinski definition) is 1. The van der Waals surface area contributed by atoms with Crippen LogP contribution in [-0.2, 0) is 14.4 Å². The van der Waals surface area contributed by atoms with Crippen molar-refractivity contribution >= 4 is 17.3 Å². The molecule has 0 aliphatic carbocycles. The molecule has 0 saturated heterocycles. The fourth-order valence-corrected chi connectivity index (χ4v) is 1.24. The molecule has 0 aliphatic heterocycles. The second-order valence-electron chi connectivity index (χ2n) is 6.96. The topological polar surface area (TPSA) is 71.4 Å². The van der Waals surface area contributed by atoms with E-state index in [-0.39, 0.29) is 17.0 Å². The van der Waals surface area contributed by atoms with Crippen molar-refractivity contribution in [1.82, 2.24) is 0 Å². The molecule has 1 N–H and O–H groups in total. The summed E-state index contributed by atoms with van der Waals surface area (Å²) in [5.41, 5.74) is 0.174. The molecule has 0 bridgehead atoms. The average molecular weight is 348 g/mol. The first-order valence-electron chi connectivity index (χ1n) is 9.16. The predicted molar refractivity (Wildman–Crippen MR) is 103 cm³/mol. The summed E-state index contributed by atoms with van der Waals surface area (Å²) >= 11 is 0. The average Bonchev–Trinajstić information content (AvgIpc) is 2.47. The predicted octanol–water partition coefficient (Wildman–Crippen LogP) is 5.01. The molecule has 0 spiro atoms. The van der Waals surface area contributed by atoms with Crippen LogP contribution in [0.4, 0.5) is 0 Å². The number of ketones is 3. The van der Waals surface area contributed by atoms with Crippen LogP contribution in [0.15, 0.2) is 0 Å². The van der Waals surface area contributed by atoms with E-state index in [1.807, 2.05) is 20.8 Å². The zero-order chi connectivity index (χ0) is 21.3. The zero-order valence-corrected chi connectivity index (χ0v) is 17.7. The first-order chi connectivity index (χ1) is 11.2. The van der Waals surface area contributed by atoms with Crippen LogP contribution < -0.4 is 0 Å². The molecule has 4 nitrogen and oxygen atoms in total. The summed E-state index contributed by atoms with van der Waals surface area (Å²) < 4.78 is 7.34. The minimum atomic E-state index is -0.576. The van der Waals surface area contributed by atoms with Gasteiger partial charge in [0.15, 0.2) is 0 Å². The van der Waals surface area contributed by atoms with Crippen LogP contribution >= 0.6 is 0 Å². The highest BCUT2D eigenvalue weighted by Gasteiger charge is 2.13. The lowest BCUT2D eigenvalue weighted by Crippen LogP contribution is -2.11. The van der Waals surface area contributed by atoms with E-state index >= 15 is 0 Å². The molecule has 146 valence electrons. The Balaban J connectivity index is -0.000000131. The summed E-state index contributed by atoms with van der Waals surface area (Å²) in [5.74, 6) is 0.218. The Hall–Kier alpha value is -1.03. The molecule has 0 unspecified atom stereocenters. The third-order valence-electron chi connectivity index (χ3n) is 2.56. The van der Waals surface area contributed by atoms with E-state index < -0.39 is 5.89 Å². The van der Waals surface area contributed by atoms with Gasteiger partial charge >= 0.3 is 0 Å². The van der Waals surface area contributed by atoms with Crippen LogP contribution in [-0.4, -0.2) is 29.6 Å². The van der Waals surface area contributed by atoms with Crippen molar-refractivity contribution in [2.45, 2.75) is 94.4 Å². The fraction of sp³-hybridized carbons (Fsp3) is 0.850. The Kier molecular flexibility index (Phi) is 23.2. The smallest absolute Gasteiger partial charge is 0.133 e. The molecule has 0 aliphatic rings. The van der Waals surface area contributed by atoms with Gasteiger partial charge in [0, 0.05) is 40.6 Å². The van der Waals surface area contributed by atoms with Gasteiger partial charge in [-0.05, 0) is 18.2 Å². The molecule has 0 saturated carbocycles. The van der Waals surface area contributed by atoms with Gasteiger partial charge < -0.3 is 9.90 Å². The summed E-state index contributed by atoms with van der Waals surface area (Å²) in [6, 6.07) is 0. The molecule has 0 atom stereocenters. The largest absolute Gasteiger partial charge is 0.400 e. The van der Waals surface area contributed by atoms with Crippen molar-refractivity contribution in [3.05, 3.63) is 0 Å². The Bertz CT molecular complexity index is 322. The van der Waals surface area contributed by atoms with Gasteiger partial charge in [0.05, 0.1) is 0 Å². The van der Waals surface area contributed by atoms with Gasteiger partial charge in [-0.2, -0.15) is 0 Å². The van der Waals surface area contributed by atoms with Gasteiger partial charge in [0.25, 0.3) is 0 Å². The van der Waals surface area contributed by atoms with E-state index in [1.165, 1.54) is 0 Å². The maximum absolute atomic E-state index is 10.8. The van der Waals surface area contributed by atoms with E-state index in [0.717, 1.165) is 7.11 Å². The summed E-state index contributed by atoms with van der Waals surface area (Å²) in [5, 5.41) is 7.00. The lowest BCUT2D eigenvalue weighted by atomic mass is 9.89. The monoisotopic (exact) mass is 347 g/mol. The number of Topliss-reactive ketones (excluding diaryl/α,β-unsaturated/α-hetero) is 3. The molecule has 0 heterocycles. The van der Waals surface area contributed by atoms with Crippen molar-refractivity contribution in [3.8, 4) is 0 Å². The van der Waals surface area contributed by atoms with Gasteiger partial charge in [-0.3, -0.25) is 9.59 Å². The third kappa shape index (κ3) is 42.9. The minimum Gasteiger partial charge on any atom is -0.400 e. The summed E-state index contributed by atoms with van der Waals surface area (Å²) in [6.07, 6.45) is 2.99. The minimum absolute atomic E-state index is 0.174. The van der Waals surface area contributed by atoms with Crippen LogP contribution in [0.3, 0.4) is 0 Å². The third-order valence-corrected chi connectivity index (χ3v) is 2.56.